The molecule has 0 saturated heterocycles. The summed E-state index contributed by atoms with van der Waals surface area (Å²) in [6.07, 6.45) is 1.70. The molecule has 1 heterocycles. The third-order valence-electron chi connectivity index (χ3n) is 4.69. The van der Waals surface area contributed by atoms with E-state index in [2.05, 4.69) is 9.98 Å². The van der Waals surface area contributed by atoms with E-state index in [1.165, 1.54) is 11.3 Å². The van der Waals surface area contributed by atoms with E-state index in [-0.39, 0.29) is 0 Å². The predicted molar refractivity (Wildman–Crippen MR) is 122 cm³/mol. The van der Waals surface area contributed by atoms with Crippen molar-refractivity contribution in [3.8, 4) is 23.0 Å². The van der Waals surface area contributed by atoms with Gasteiger partial charge in [-0.2, -0.15) is 0 Å². The van der Waals surface area contributed by atoms with Crippen LogP contribution in [0.15, 0.2) is 41.4 Å². The number of hydrogen-bond acceptors (Lipinski definition) is 7. The molecule has 0 fully saturated rings. The van der Waals surface area contributed by atoms with Crippen LogP contribution in [0.4, 0.5) is 5.13 Å². The van der Waals surface area contributed by atoms with E-state index in [4.69, 9.17) is 30.5 Å². The normalized spacial score (nSPS) is 11.4. The molecule has 30 heavy (non-hydrogen) atoms. The minimum atomic E-state index is 0.594. The van der Waals surface area contributed by atoms with E-state index in [0.29, 0.717) is 33.2 Å². The van der Waals surface area contributed by atoms with E-state index < -0.39 is 0 Å². The lowest BCUT2D eigenvalue weighted by atomic mass is 10.0. The zero-order valence-electron chi connectivity index (χ0n) is 16.9. The molecule has 8 heteroatoms. The monoisotopic (exact) mass is 442 g/mol. The quantitative estimate of drug-likeness (QED) is 0.348. The van der Waals surface area contributed by atoms with E-state index in [9.17, 15) is 0 Å². The Kier molecular flexibility index (Phi) is 5.65. The Bertz CT molecular complexity index is 1270. The van der Waals surface area contributed by atoms with E-state index >= 15 is 0 Å². The summed E-state index contributed by atoms with van der Waals surface area (Å²) in [6, 6.07) is 11.2. The Morgan fingerprint density at radius 2 is 1.60 bits per heavy atom. The van der Waals surface area contributed by atoms with Crippen LogP contribution in [0.5, 0.6) is 23.0 Å². The molecule has 0 aliphatic carbocycles. The number of para-hydroxylation sites is 1. The highest BCUT2D eigenvalue weighted by atomic mass is 35.5. The average molecular weight is 443 g/mol. The predicted octanol–water partition coefficient (Wildman–Crippen LogP) is 5.89. The molecule has 0 amide bonds. The van der Waals surface area contributed by atoms with Crippen molar-refractivity contribution < 1.29 is 18.9 Å². The van der Waals surface area contributed by atoms with Crippen molar-refractivity contribution in [2.45, 2.75) is 0 Å². The van der Waals surface area contributed by atoms with Gasteiger partial charge < -0.3 is 18.9 Å². The molecule has 0 N–H and O–H groups in total. The fourth-order valence-corrected chi connectivity index (χ4v) is 4.47. The topological polar surface area (TPSA) is 62.2 Å². The highest BCUT2D eigenvalue weighted by Gasteiger charge is 2.20. The first kappa shape index (κ1) is 20.3. The molecule has 0 unspecified atom stereocenters. The van der Waals surface area contributed by atoms with Crippen LogP contribution in [0.2, 0.25) is 5.02 Å². The van der Waals surface area contributed by atoms with Gasteiger partial charge in [-0.25, -0.2) is 9.98 Å². The number of halogens is 1. The van der Waals surface area contributed by atoms with Gasteiger partial charge in [0.15, 0.2) is 0 Å². The van der Waals surface area contributed by atoms with Gasteiger partial charge in [0.05, 0.1) is 48.9 Å². The van der Waals surface area contributed by atoms with Gasteiger partial charge in [-0.05, 0) is 30.3 Å². The van der Waals surface area contributed by atoms with Crippen molar-refractivity contribution in [1.82, 2.24) is 4.98 Å². The SMILES string of the molecule is COc1ccc(OC)c2c(OC)c(C=Nc3nc4c(Cl)cccc4s3)cc(OC)c12. The molecule has 4 rings (SSSR count). The number of benzene rings is 3. The Balaban J connectivity index is 1.91. The van der Waals surface area contributed by atoms with Gasteiger partial charge in [-0.3, -0.25) is 0 Å². The Hall–Kier alpha value is -3.03. The van der Waals surface area contributed by atoms with E-state index in [0.717, 1.165) is 26.6 Å². The van der Waals surface area contributed by atoms with E-state index in [1.807, 2.05) is 36.4 Å². The van der Waals surface area contributed by atoms with Gasteiger partial charge >= 0.3 is 0 Å². The maximum Gasteiger partial charge on any atom is 0.210 e. The molecule has 6 nitrogen and oxygen atoms in total. The number of hydrogen-bond donors (Lipinski definition) is 0. The second kappa shape index (κ2) is 8.38. The Morgan fingerprint density at radius 1 is 0.900 bits per heavy atom. The molecule has 0 aliphatic heterocycles. The van der Waals surface area contributed by atoms with Gasteiger partial charge in [0, 0.05) is 11.8 Å². The number of thiazole rings is 1. The molecule has 0 aliphatic rings. The number of methoxy groups -OCH3 is 4. The molecular weight excluding hydrogens is 424 g/mol. The standard InChI is InChI=1S/C22H19ClN2O4S/c1-26-14-8-9-15(27-2)19-18(14)16(28-3)10-12(21(19)29-4)11-24-22-25-20-13(23)6-5-7-17(20)30-22/h5-11H,1-4H3. The minimum Gasteiger partial charge on any atom is -0.496 e. The van der Waals surface area contributed by atoms with Crippen LogP contribution in [0.1, 0.15) is 5.56 Å². The van der Waals surface area contributed by atoms with Crippen molar-refractivity contribution in [3.05, 3.63) is 47.0 Å². The fraction of sp³-hybridized carbons (Fsp3) is 0.182. The molecule has 3 aromatic carbocycles. The summed E-state index contributed by atoms with van der Waals surface area (Å²) >= 11 is 7.69. The minimum absolute atomic E-state index is 0.594. The lowest BCUT2D eigenvalue weighted by Gasteiger charge is -2.17. The third-order valence-corrected chi connectivity index (χ3v) is 5.92. The largest absolute Gasteiger partial charge is 0.496 e. The summed E-state index contributed by atoms with van der Waals surface area (Å²) in [7, 11) is 6.44. The highest BCUT2D eigenvalue weighted by molar-refractivity contribution is 7.22. The van der Waals surface area contributed by atoms with Crippen molar-refractivity contribution >= 4 is 55.3 Å². The van der Waals surface area contributed by atoms with Gasteiger partial charge in [0.2, 0.25) is 5.13 Å². The number of nitrogens with zero attached hydrogens (tertiary/aromatic N) is 2. The first-order valence-corrected chi connectivity index (χ1v) is 10.2. The lowest BCUT2D eigenvalue weighted by molar-refractivity contribution is 0.392. The zero-order valence-corrected chi connectivity index (χ0v) is 18.4. The maximum absolute atomic E-state index is 6.23. The van der Waals surface area contributed by atoms with Crippen LogP contribution < -0.4 is 18.9 Å². The summed E-state index contributed by atoms with van der Waals surface area (Å²) < 4.78 is 23.5. The number of aliphatic imine (C=N–C) groups is 1. The molecular formula is C22H19ClN2O4S. The second-order valence-corrected chi connectivity index (χ2v) is 7.68. The number of ether oxygens (including phenoxy) is 4. The van der Waals surface area contributed by atoms with Crippen LogP contribution in [0.25, 0.3) is 21.0 Å². The molecule has 0 radical (unpaired) electrons. The molecule has 4 aromatic rings. The second-order valence-electron chi connectivity index (χ2n) is 6.26. The van der Waals surface area contributed by atoms with Crippen LogP contribution in [0.3, 0.4) is 0 Å². The molecule has 154 valence electrons. The summed E-state index contributed by atoms with van der Waals surface area (Å²) in [6.45, 7) is 0. The highest BCUT2D eigenvalue weighted by Crippen LogP contribution is 2.46. The van der Waals surface area contributed by atoms with E-state index in [1.54, 1.807) is 34.7 Å². The van der Waals surface area contributed by atoms with Crippen molar-refractivity contribution in [1.29, 1.82) is 0 Å². The summed E-state index contributed by atoms with van der Waals surface area (Å²) in [5.41, 5.74) is 1.46. The fourth-order valence-electron chi connectivity index (χ4n) is 3.36. The zero-order chi connectivity index (χ0) is 21.3. The van der Waals surface area contributed by atoms with Crippen LogP contribution >= 0.6 is 22.9 Å². The molecule has 0 saturated carbocycles. The number of rotatable bonds is 6. The third kappa shape index (κ3) is 3.40. The molecule has 0 bridgehead atoms. The summed E-state index contributed by atoms with van der Waals surface area (Å²) in [4.78, 5) is 9.08. The van der Waals surface area contributed by atoms with Crippen LogP contribution in [-0.4, -0.2) is 39.6 Å². The summed E-state index contributed by atoms with van der Waals surface area (Å²) in [5.74, 6) is 2.52. The van der Waals surface area contributed by atoms with Crippen LogP contribution in [-0.2, 0) is 0 Å². The lowest BCUT2D eigenvalue weighted by Crippen LogP contribution is -1.99. The van der Waals surface area contributed by atoms with Gasteiger partial charge in [-0.1, -0.05) is 29.0 Å². The molecule has 0 atom stereocenters. The number of fused-ring (bicyclic) bond motifs is 2. The van der Waals surface area contributed by atoms with Crippen molar-refractivity contribution in [2.24, 2.45) is 4.99 Å². The smallest absolute Gasteiger partial charge is 0.210 e. The first-order chi connectivity index (χ1) is 14.6. The number of aromatic nitrogens is 1. The summed E-state index contributed by atoms with van der Waals surface area (Å²) in [5, 5.41) is 2.71. The van der Waals surface area contributed by atoms with Crippen LogP contribution in [0, 0.1) is 0 Å². The maximum atomic E-state index is 6.23. The van der Waals surface area contributed by atoms with Gasteiger partial charge in [-0.15, -0.1) is 0 Å². The molecule has 0 spiro atoms. The van der Waals surface area contributed by atoms with Gasteiger partial charge in [0.25, 0.3) is 0 Å². The van der Waals surface area contributed by atoms with Crippen molar-refractivity contribution in [2.75, 3.05) is 28.4 Å². The Morgan fingerprint density at radius 3 is 2.23 bits per heavy atom. The van der Waals surface area contributed by atoms with Crippen molar-refractivity contribution in [3.63, 3.8) is 0 Å². The average Bonchev–Trinajstić information content (AvgIpc) is 3.20. The Labute approximate surface area is 182 Å². The van der Waals surface area contributed by atoms with Gasteiger partial charge in [0.1, 0.15) is 28.5 Å². The first-order valence-electron chi connectivity index (χ1n) is 9.00. The molecule has 1 aromatic heterocycles.